The number of thioether (sulfide) groups is 1. The van der Waals surface area contributed by atoms with E-state index in [-0.39, 0.29) is 18.2 Å². The maximum absolute atomic E-state index is 12.3. The number of nitrogens with two attached hydrogens (primary N) is 1. The van der Waals surface area contributed by atoms with E-state index >= 15 is 0 Å². The van der Waals surface area contributed by atoms with Crippen molar-refractivity contribution in [2.45, 2.75) is 24.8 Å². The second-order valence-electron chi connectivity index (χ2n) is 5.39. The summed E-state index contributed by atoms with van der Waals surface area (Å²) in [5.74, 6) is 0.0742. The number of para-hydroxylation sites is 1. The number of hydrogen-bond donors (Lipinski definition) is 1. The van der Waals surface area contributed by atoms with Crippen LogP contribution in [0.2, 0.25) is 0 Å². The number of rotatable bonds is 5. The Morgan fingerprint density at radius 3 is 2.78 bits per heavy atom. The standard InChI is InChI=1S/C16H18N4O2S/c1-11-15-16(20(18-11)12-6-3-2-4-7-12)23-10-14(22)19(15)9-5-8-13(17)21/h2-4,6-7H,5,8-10H2,1H3,(H2,17,21). The predicted molar refractivity (Wildman–Crippen MR) is 89.8 cm³/mol. The quantitative estimate of drug-likeness (QED) is 0.907. The molecule has 7 heteroatoms. The molecular weight excluding hydrogens is 312 g/mol. The van der Waals surface area contributed by atoms with Gasteiger partial charge >= 0.3 is 0 Å². The average Bonchev–Trinajstić information content (AvgIpc) is 2.87. The summed E-state index contributed by atoms with van der Waals surface area (Å²) in [6.45, 7) is 2.38. The third kappa shape index (κ3) is 3.10. The van der Waals surface area contributed by atoms with E-state index in [0.717, 1.165) is 22.1 Å². The van der Waals surface area contributed by atoms with E-state index in [0.29, 0.717) is 18.7 Å². The molecule has 6 nitrogen and oxygen atoms in total. The molecule has 0 aliphatic carbocycles. The van der Waals surface area contributed by atoms with Crippen LogP contribution in [-0.4, -0.2) is 33.9 Å². The second-order valence-corrected chi connectivity index (χ2v) is 6.35. The molecule has 0 unspecified atom stereocenters. The van der Waals surface area contributed by atoms with Crippen molar-refractivity contribution >= 4 is 29.3 Å². The number of hydrogen-bond acceptors (Lipinski definition) is 4. The zero-order valence-corrected chi connectivity index (χ0v) is 13.7. The van der Waals surface area contributed by atoms with Crippen LogP contribution in [0.25, 0.3) is 5.69 Å². The van der Waals surface area contributed by atoms with E-state index in [1.165, 1.54) is 11.8 Å². The van der Waals surface area contributed by atoms with Crippen LogP contribution in [0.1, 0.15) is 18.5 Å². The number of nitrogens with zero attached hydrogens (tertiary/aromatic N) is 3. The first-order valence-electron chi connectivity index (χ1n) is 7.44. The number of benzene rings is 1. The molecule has 2 N–H and O–H groups in total. The summed E-state index contributed by atoms with van der Waals surface area (Å²) in [6.07, 6.45) is 0.833. The topological polar surface area (TPSA) is 81.2 Å². The first kappa shape index (κ1) is 15.6. The first-order chi connectivity index (χ1) is 11.1. The Morgan fingerprint density at radius 2 is 2.09 bits per heavy atom. The third-order valence-corrected chi connectivity index (χ3v) is 4.73. The molecule has 0 spiro atoms. The number of fused-ring (bicyclic) bond motifs is 1. The monoisotopic (exact) mass is 330 g/mol. The Balaban J connectivity index is 1.94. The zero-order chi connectivity index (χ0) is 16.4. The van der Waals surface area contributed by atoms with Crippen molar-refractivity contribution in [2.75, 3.05) is 17.2 Å². The zero-order valence-electron chi connectivity index (χ0n) is 12.9. The van der Waals surface area contributed by atoms with Gasteiger partial charge < -0.3 is 10.6 Å². The van der Waals surface area contributed by atoms with Crippen molar-refractivity contribution in [2.24, 2.45) is 5.73 Å². The Labute approximate surface area is 138 Å². The van der Waals surface area contributed by atoms with E-state index in [4.69, 9.17) is 5.73 Å². The smallest absolute Gasteiger partial charge is 0.237 e. The van der Waals surface area contributed by atoms with Gasteiger partial charge in [-0.2, -0.15) is 5.10 Å². The van der Waals surface area contributed by atoms with Crippen LogP contribution >= 0.6 is 11.8 Å². The minimum atomic E-state index is -0.347. The number of aromatic nitrogens is 2. The van der Waals surface area contributed by atoms with Crippen molar-refractivity contribution < 1.29 is 9.59 Å². The van der Waals surface area contributed by atoms with E-state index in [9.17, 15) is 9.59 Å². The highest BCUT2D eigenvalue weighted by Gasteiger charge is 2.31. The lowest BCUT2D eigenvalue weighted by atomic mass is 10.2. The first-order valence-corrected chi connectivity index (χ1v) is 8.43. The van der Waals surface area contributed by atoms with E-state index in [1.54, 1.807) is 4.90 Å². The SMILES string of the molecule is Cc1nn(-c2ccccc2)c2c1N(CCCC(N)=O)C(=O)CS2. The number of carbonyl (C=O) groups is 2. The number of amides is 2. The Morgan fingerprint density at radius 1 is 1.35 bits per heavy atom. The molecule has 0 saturated heterocycles. The summed E-state index contributed by atoms with van der Waals surface area (Å²) < 4.78 is 1.88. The van der Waals surface area contributed by atoms with Crippen molar-refractivity contribution in [1.29, 1.82) is 0 Å². The van der Waals surface area contributed by atoms with Crippen LogP contribution in [0.3, 0.4) is 0 Å². The van der Waals surface area contributed by atoms with Gasteiger partial charge in [0.15, 0.2) is 0 Å². The van der Waals surface area contributed by atoms with E-state index < -0.39 is 0 Å². The van der Waals surface area contributed by atoms with Gasteiger partial charge in [0.05, 0.1) is 22.8 Å². The Hall–Kier alpha value is -2.28. The molecule has 0 radical (unpaired) electrons. The molecule has 120 valence electrons. The highest BCUT2D eigenvalue weighted by atomic mass is 32.2. The Kier molecular flexibility index (Phi) is 4.38. The number of carbonyl (C=O) groups excluding carboxylic acids is 2. The molecule has 1 aliphatic heterocycles. The molecule has 1 aromatic heterocycles. The molecule has 0 atom stereocenters. The lowest BCUT2D eigenvalue weighted by Crippen LogP contribution is -2.36. The van der Waals surface area contributed by atoms with Crippen molar-refractivity contribution in [3.8, 4) is 5.69 Å². The van der Waals surface area contributed by atoms with Crippen LogP contribution in [-0.2, 0) is 9.59 Å². The molecule has 0 bridgehead atoms. The molecule has 3 rings (SSSR count). The van der Waals surface area contributed by atoms with Crippen molar-refractivity contribution in [3.05, 3.63) is 36.0 Å². The van der Waals surface area contributed by atoms with Crippen LogP contribution in [0.5, 0.6) is 0 Å². The van der Waals surface area contributed by atoms with Crippen LogP contribution in [0.4, 0.5) is 5.69 Å². The van der Waals surface area contributed by atoms with Crippen molar-refractivity contribution in [1.82, 2.24) is 9.78 Å². The van der Waals surface area contributed by atoms with Gasteiger partial charge in [-0.25, -0.2) is 4.68 Å². The molecule has 23 heavy (non-hydrogen) atoms. The molecule has 0 fully saturated rings. The summed E-state index contributed by atoms with van der Waals surface area (Å²) in [4.78, 5) is 24.9. The fraction of sp³-hybridized carbons (Fsp3) is 0.312. The van der Waals surface area contributed by atoms with Gasteiger partial charge in [0.25, 0.3) is 0 Å². The summed E-state index contributed by atoms with van der Waals surface area (Å²) in [6, 6.07) is 9.85. The molecule has 2 heterocycles. The van der Waals surface area contributed by atoms with Gasteiger partial charge in [0.1, 0.15) is 5.03 Å². The minimum Gasteiger partial charge on any atom is -0.370 e. The minimum absolute atomic E-state index is 0.0442. The molecular formula is C16H18N4O2S. The van der Waals surface area contributed by atoms with Gasteiger partial charge in [-0.05, 0) is 25.5 Å². The van der Waals surface area contributed by atoms with E-state index in [1.807, 2.05) is 41.9 Å². The maximum Gasteiger partial charge on any atom is 0.237 e. The van der Waals surface area contributed by atoms with Gasteiger partial charge in [-0.1, -0.05) is 30.0 Å². The lowest BCUT2D eigenvalue weighted by molar-refractivity contribution is -0.119. The van der Waals surface area contributed by atoms with Crippen LogP contribution in [0, 0.1) is 6.92 Å². The van der Waals surface area contributed by atoms with Gasteiger partial charge in [-0.3, -0.25) is 9.59 Å². The fourth-order valence-corrected chi connectivity index (χ4v) is 3.74. The van der Waals surface area contributed by atoms with Gasteiger partial charge in [0.2, 0.25) is 11.8 Å². The van der Waals surface area contributed by atoms with Crippen LogP contribution < -0.4 is 10.6 Å². The van der Waals surface area contributed by atoms with E-state index in [2.05, 4.69) is 5.10 Å². The molecule has 1 aromatic carbocycles. The largest absolute Gasteiger partial charge is 0.370 e. The normalized spacial score (nSPS) is 14.0. The lowest BCUT2D eigenvalue weighted by Gasteiger charge is -2.27. The molecule has 2 aromatic rings. The summed E-state index contributed by atoms with van der Waals surface area (Å²) >= 11 is 1.50. The van der Waals surface area contributed by atoms with Crippen molar-refractivity contribution in [3.63, 3.8) is 0 Å². The van der Waals surface area contributed by atoms with Gasteiger partial charge in [-0.15, -0.1) is 0 Å². The number of primary amides is 1. The average molecular weight is 330 g/mol. The highest BCUT2D eigenvalue weighted by molar-refractivity contribution is 8.00. The second kappa shape index (κ2) is 6.45. The summed E-state index contributed by atoms with van der Waals surface area (Å²) in [5.41, 5.74) is 7.81. The Bertz CT molecular complexity index is 742. The third-order valence-electron chi connectivity index (χ3n) is 3.70. The van der Waals surface area contributed by atoms with Crippen LogP contribution in [0.15, 0.2) is 35.4 Å². The molecule has 1 aliphatic rings. The highest BCUT2D eigenvalue weighted by Crippen LogP contribution is 2.39. The number of anilines is 1. The maximum atomic E-state index is 12.3. The summed E-state index contributed by atoms with van der Waals surface area (Å²) in [7, 11) is 0. The van der Waals surface area contributed by atoms with Gasteiger partial charge in [0, 0.05) is 13.0 Å². The number of aryl methyl sites for hydroxylation is 1. The molecule has 2 amide bonds. The molecule has 0 saturated carbocycles. The summed E-state index contributed by atoms with van der Waals surface area (Å²) in [5, 5.41) is 5.57. The predicted octanol–water partition coefficient (Wildman–Crippen LogP) is 1.88. The fourth-order valence-electron chi connectivity index (χ4n) is 2.66.